The molecule has 0 spiro atoms. The third-order valence-corrected chi connectivity index (χ3v) is 5.83. The molecule has 0 bridgehead atoms. The van der Waals surface area contributed by atoms with E-state index in [0.717, 1.165) is 38.3 Å². The van der Waals surface area contributed by atoms with E-state index in [-0.39, 0.29) is 11.2 Å². The van der Waals surface area contributed by atoms with Crippen molar-refractivity contribution in [2.45, 2.75) is 39.4 Å². The summed E-state index contributed by atoms with van der Waals surface area (Å²) in [4.78, 5) is 18.4. The van der Waals surface area contributed by atoms with Crippen molar-refractivity contribution in [1.82, 2.24) is 9.55 Å². The number of fused-ring (bicyclic) bond motifs is 3. The van der Waals surface area contributed by atoms with E-state index in [1.807, 2.05) is 31.2 Å². The number of aromatic amines is 1. The molecule has 3 aromatic rings. The number of benzene rings is 1. The number of rotatable bonds is 1. The molecular weight excluding hydrogens is 340 g/mol. The van der Waals surface area contributed by atoms with Gasteiger partial charge in [0.15, 0.2) is 4.77 Å². The smallest absolute Gasteiger partial charge is 0.267 e. The first-order chi connectivity index (χ1) is 11.4. The zero-order valence-corrected chi connectivity index (χ0v) is 15.4. The average Bonchev–Trinajstić information content (AvgIpc) is 2.85. The van der Waals surface area contributed by atoms with E-state index in [1.54, 1.807) is 15.9 Å². The maximum Gasteiger partial charge on any atom is 0.267 e. The molecule has 0 saturated heterocycles. The minimum atomic E-state index is -0.255. The number of H-pyrrole nitrogens is 1. The number of aryl methyl sites for hydroxylation is 1. The molecule has 24 heavy (non-hydrogen) atoms. The number of hydrogen-bond donors (Lipinski definition) is 1. The van der Waals surface area contributed by atoms with Gasteiger partial charge in [0.25, 0.3) is 5.56 Å². The highest BCUT2D eigenvalue weighted by molar-refractivity contribution is 7.71. The molecule has 1 N–H and O–H groups in total. The van der Waals surface area contributed by atoms with Crippen LogP contribution in [0.1, 0.15) is 29.9 Å². The summed E-state index contributed by atoms with van der Waals surface area (Å²) in [6.07, 6.45) is 0.732. The first kappa shape index (κ1) is 15.7. The van der Waals surface area contributed by atoms with Crippen molar-refractivity contribution in [1.29, 1.82) is 0 Å². The Morgan fingerprint density at radius 3 is 2.71 bits per heavy atom. The summed E-state index contributed by atoms with van der Waals surface area (Å²) in [5.41, 5.74) is 2.74. The zero-order valence-electron chi connectivity index (χ0n) is 13.8. The molecule has 0 fully saturated rings. The Balaban J connectivity index is 2.02. The van der Waals surface area contributed by atoms with Gasteiger partial charge in [-0.05, 0) is 50.7 Å². The number of ether oxygens (including phenoxy) is 1. The van der Waals surface area contributed by atoms with Crippen LogP contribution in [0.25, 0.3) is 15.9 Å². The zero-order chi connectivity index (χ0) is 17.1. The SMILES string of the molecule is Cc1ccc(-n2c(=S)[nH]c3sc4c(c3c2=O)CC(C)(C)OC4)cc1. The average molecular weight is 358 g/mol. The highest BCUT2D eigenvalue weighted by atomic mass is 32.1. The van der Waals surface area contributed by atoms with Gasteiger partial charge < -0.3 is 9.72 Å². The fraction of sp³-hybridized carbons (Fsp3) is 0.333. The molecule has 124 valence electrons. The Morgan fingerprint density at radius 1 is 1.29 bits per heavy atom. The van der Waals surface area contributed by atoms with Crippen LogP contribution in [-0.2, 0) is 17.8 Å². The van der Waals surface area contributed by atoms with Gasteiger partial charge in [0, 0.05) is 11.3 Å². The van der Waals surface area contributed by atoms with Crippen LogP contribution < -0.4 is 5.56 Å². The standard InChI is InChI=1S/C18H18N2O2S2/c1-10-4-6-11(7-5-10)20-16(21)14-12-8-18(2,3)22-9-13(12)24-15(14)19-17(20)23/h4-7H,8-9H2,1-3H3,(H,19,23). The fourth-order valence-corrected chi connectivity index (χ4v) is 4.63. The third-order valence-electron chi connectivity index (χ3n) is 4.42. The summed E-state index contributed by atoms with van der Waals surface area (Å²) in [5, 5.41) is 0.751. The molecule has 0 saturated carbocycles. The Bertz CT molecular complexity index is 1060. The van der Waals surface area contributed by atoms with Crippen LogP contribution in [0.4, 0.5) is 0 Å². The molecule has 1 aromatic carbocycles. The minimum absolute atomic E-state index is 0.0483. The summed E-state index contributed by atoms with van der Waals surface area (Å²) in [6, 6.07) is 7.83. The van der Waals surface area contributed by atoms with Gasteiger partial charge in [-0.1, -0.05) is 17.7 Å². The van der Waals surface area contributed by atoms with Crippen molar-refractivity contribution in [3.8, 4) is 5.69 Å². The van der Waals surface area contributed by atoms with Crippen molar-refractivity contribution >= 4 is 33.8 Å². The van der Waals surface area contributed by atoms with Gasteiger partial charge in [0.1, 0.15) is 4.83 Å². The van der Waals surface area contributed by atoms with E-state index >= 15 is 0 Å². The van der Waals surface area contributed by atoms with Crippen molar-refractivity contribution in [2.24, 2.45) is 0 Å². The lowest BCUT2D eigenvalue weighted by Crippen LogP contribution is -2.32. The molecule has 1 aliphatic rings. The summed E-state index contributed by atoms with van der Waals surface area (Å²) in [6.45, 7) is 6.69. The first-order valence-electron chi connectivity index (χ1n) is 7.86. The van der Waals surface area contributed by atoms with Crippen LogP contribution in [0.15, 0.2) is 29.1 Å². The summed E-state index contributed by atoms with van der Waals surface area (Å²) < 4.78 is 7.90. The highest BCUT2D eigenvalue weighted by Crippen LogP contribution is 2.36. The predicted octanol–water partition coefficient (Wildman–Crippen LogP) is 4.27. The van der Waals surface area contributed by atoms with E-state index < -0.39 is 0 Å². The largest absolute Gasteiger partial charge is 0.370 e. The molecular formula is C18H18N2O2S2. The summed E-state index contributed by atoms with van der Waals surface area (Å²) in [7, 11) is 0. The number of aromatic nitrogens is 2. The fourth-order valence-electron chi connectivity index (χ4n) is 3.15. The van der Waals surface area contributed by atoms with Crippen LogP contribution >= 0.6 is 23.6 Å². The second kappa shape index (κ2) is 5.37. The van der Waals surface area contributed by atoms with E-state index in [0.29, 0.717) is 11.4 Å². The van der Waals surface area contributed by atoms with Gasteiger partial charge in [-0.25, -0.2) is 0 Å². The molecule has 0 atom stereocenters. The number of thiophene rings is 1. The van der Waals surface area contributed by atoms with Crippen LogP contribution in [0.3, 0.4) is 0 Å². The quantitative estimate of drug-likeness (QED) is 0.661. The van der Waals surface area contributed by atoms with Crippen LogP contribution in [-0.4, -0.2) is 15.2 Å². The Morgan fingerprint density at radius 2 is 2.00 bits per heavy atom. The minimum Gasteiger partial charge on any atom is -0.370 e. The van der Waals surface area contributed by atoms with Gasteiger partial charge in [-0.15, -0.1) is 11.3 Å². The summed E-state index contributed by atoms with van der Waals surface area (Å²) in [5.74, 6) is 0. The molecule has 1 aliphatic heterocycles. The highest BCUT2D eigenvalue weighted by Gasteiger charge is 2.30. The van der Waals surface area contributed by atoms with Crippen LogP contribution in [0.5, 0.6) is 0 Å². The van der Waals surface area contributed by atoms with Crippen molar-refractivity contribution in [3.05, 3.63) is 55.4 Å². The number of hydrogen-bond acceptors (Lipinski definition) is 4. The lowest BCUT2D eigenvalue weighted by molar-refractivity contribution is -0.0379. The van der Waals surface area contributed by atoms with Gasteiger partial charge in [-0.2, -0.15) is 0 Å². The van der Waals surface area contributed by atoms with Gasteiger partial charge in [0.05, 0.1) is 23.3 Å². The molecule has 0 unspecified atom stereocenters. The van der Waals surface area contributed by atoms with E-state index in [2.05, 4.69) is 18.8 Å². The lowest BCUT2D eigenvalue weighted by atomic mass is 9.94. The maximum atomic E-state index is 13.2. The van der Waals surface area contributed by atoms with Crippen molar-refractivity contribution in [2.75, 3.05) is 0 Å². The monoisotopic (exact) mass is 358 g/mol. The molecule has 4 rings (SSSR count). The lowest BCUT2D eigenvalue weighted by Gasteiger charge is -2.29. The van der Waals surface area contributed by atoms with Crippen molar-refractivity contribution in [3.63, 3.8) is 0 Å². The Labute approximate surface area is 148 Å². The van der Waals surface area contributed by atoms with E-state index in [1.165, 1.54) is 0 Å². The van der Waals surface area contributed by atoms with Crippen molar-refractivity contribution < 1.29 is 4.74 Å². The second-order valence-corrected chi connectivity index (χ2v) is 8.33. The maximum absolute atomic E-state index is 13.2. The molecule has 2 aromatic heterocycles. The molecule has 0 radical (unpaired) electrons. The van der Waals surface area contributed by atoms with Crippen LogP contribution in [0.2, 0.25) is 0 Å². The van der Waals surface area contributed by atoms with Gasteiger partial charge in [-0.3, -0.25) is 9.36 Å². The molecule has 0 aliphatic carbocycles. The molecule has 0 amide bonds. The molecule has 6 heteroatoms. The van der Waals surface area contributed by atoms with E-state index in [9.17, 15) is 4.79 Å². The van der Waals surface area contributed by atoms with Gasteiger partial charge >= 0.3 is 0 Å². The third kappa shape index (κ3) is 2.46. The number of nitrogens with zero attached hydrogens (tertiary/aromatic N) is 1. The molecule has 3 heterocycles. The predicted molar refractivity (Wildman–Crippen MR) is 99.9 cm³/mol. The second-order valence-electron chi connectivity index (χ2n) is 6.84. The Hall–Kier alpha value is -1.76. The molecule has 4 nitrogen and oxygen atoms in total. The normalized spacial score (nSPS) is 16.3. The topological polar surface area (TPSA) is 47.0 Å². The Kier molecular flexibility index (Phi) is 3.53. The van der Waals surface area contributed by atoms with Crippen LogP contribution in [0, 0.1) is 11.7 Å². The number of nitrogens with one attached hydrogen (secondary N) is 1. The van der Waals surface area contributed by atoms with E-state index in [4.69, 9.17) is 17.0 Å². The first-order valence-corrected chi connectivity index (χ1v) is 9.09. The van der Waals surface area contributed by atoms with Gasteiger partial charge in [0.2, 0.25) is 0 Å². The summed E-state index contributed by atoms with van der Waals surface area (Å²) >= 11 is 7.02.